The Bertz CT molecular complexity index is 1120. The summed E-state index contributed by atoms with van der Waals surface area (Å²) in [5.74, 6) is -1.04. The Labute approximate surface area is 199 Å². The molecule has 0 aliphatic carbocycles. The molecule has 1 fully saturated rings. The Morgan fingerprint density at radius 2 is 2.00 bits per heavy atom. The van der Waals surface area contributed by atoms with Crippen molar-refractivity contribution in [1.82, 2.24) is 9.21 Å². The highest BCUT2D eigenvalue weighted by molar-refractivity contribution is 7.91. The zero-order chi connectivity index (χ0) is 21.6. The van der Waals surface area contributed by atoms with Gasteiger partial charge in [-0.3, -0.25) is 9.59 Å². The van der Waals surface area contributed by atoms with Crippen LogP contribution < -0.4 is 23.5 Å². The number of amides is 2. The molecule has 3 N–H and O–H groups in total. The molecule has 170 valence electrons. The number of thiophene rings is 2. The summed E-state index contributed by atoms with van der Waals surface area (Å²) in [6.07, 6.45) is 1.66. The topological polar surface area (TPSA) is 113 Å². The monoisotopic (exact) mass is 523 g/mol. The minimum Gasteiger partial charge on any atom is -1.00 e. The third-order valence-corrected chi connectivity index (χ3v) is 10.1. The number of primary amides is 1. The molecule has 2 aliphatic rings. The molecule has 8 nitrogen and oxygen atoms in total. The van der Waals surface area contributed by atoms with Crippen LogP contribution in [0.5, 0.6) is 0 Å². The van der Waals surface area contributed by atoms with Gasteiger partial charge in [-0.25, -0.2) is 8.42 Å². The number of likely N-dealkylation sites (N-methyl/N-ethyl adjacent to an activating group) is 1. The number of anilines is 1. The first kappa shape index (κ1) is 24.4. The molecule has 0 spiro atoms. The highest BCUT2D eigenvalue weighted by Gasteiger charge is 2.40. The number of nitrogens with zero attached hydrogens (tertiary/aromatic N) is 2. The van der Waals surface area contributed by atoms with Crippen molar-refractivity contribution in [2.45, 2.75) is 36.1 Å². The smallest absolute Gasteiger partial charge is 0.253 e. The number of sulfonamides is 1. The fraction of sp³-hybridized carbons (Fsp3) is 0.444. The summed E-state index contributed by atoms with van der Waals surface area (Å²) in [7, 11) is -1.84. The average molecular weight is 524 g/mol. The van der Waals surface area contributed by atoms with E-state index < -0.39 is 27.9 Å². The van der Waals surface area contributed by atoms with Crippen molar-refractivity contribution in [1.29, 1.82) is 0 Å². The van der Waals surface area contributed by atoms with E-state index >= 15 is 0 Å². The van der Waals surface area contributed by atoms with E-state index in [-0.39, 0.29) is 23.2 Å². The molecular formula is C18H21Cl2N4O4S3-. The molecule has 31 heavy (non-hydrogen) atoms. The maximum absolute atomic E-state index is 13.1. The summed E-state index contributed by atoms with van der Waals surface area (Å²) in [6.45, 7) is 1.74. The number of halogens is 2. The van der Waals surface area contributed by atoms with Crippen LogP contribution in [0.1, 0.15) is 33.6 Å². The quantitative estimate of drug-likeness (QED) is 0.540. The molecule has 13 heteroatoms. The number of carbonyl (C=O) groups excluding carboxylic acids is 2. The highest BCUT2D eigenvalue weighted by Crippen LogP contribution is 2.38. The van der Waals surface area contributed by atoms with Crippen LogP contribution in [0.3, 0.4) is 0 Å². The fourth-order valence-electron chi connectivity index (χ4n) is 3.92. The van der Waals surface area contributed by atoms with E-state index in [0.717, 1.165) is 28.3 Å². The number of nitrogens with two attached hydrogens (primary N) is 1. The Hall–Kier alpha value is -1.21. The van der Waals surface area contributed by atoms with E-state index in [2.05, 4.69) is 10.2 Å². The molecule has 1 atom stereocenters. The van der Waals surface area contributed by atoms with Gasteiger partial charge in [0.05, 0.1) is 9.90 Å². The maximum Gasteiger partial charge on any atom is 0.253 e. The molecule has 4 rings (SSSR count). The lowest BCUT2D eigenvalue weighted by Crippen LogP contribution is -3.00. The van der Waals surface area contributed by atoms with Crippen LogP contribution in [0.2, 0.25) is 4.34 Å². The fourth-order valence-corrected chi connectivity index (χ4v) is 8.52. The second-order valence-electron chi connectivity index (χ2n) is 7.38. The largest absolute Gasteiger partial charge is 1.00 e. The molecule has 0 aromatic carbocycles. The van der Waals surface area contributed by atoms with E-state index in [1.54, 1.807) is 0 Å². The molecular weight excluding hydrogens is 503 g/mol. The number of rotatable bonds is 5. The predicted octanol–water partition coefficient (Wildman–Crippen LogP) is -0.654. The van der Waals surface area contributed by atoms with E-state index in [1.807, 2.05) is 7.05 Å². The SMILES string of the molecule is CN1CCc2c(sc(NC(=O)C3CCCN3S(=O)(=O)c3ccc(Cl)s3)c2C(N)=O)C1.[Cl-]. The van der Waals surface area contributed by atoms with Gasteiger partial charge in [-0.15, -0.1) is 22.7 Å². The van der Waals surface area contributed by atoms with Crippen molar-refractivity contribution >= 4 is 61.1 Å². The minimum atomic E-state index is -3.83. The minimum absolute atomic E-state index is 0. The predicted molar refractivity (Wildman–Crippen MR) is 118 cm³/mol. The third kappa shape index (κ3) is 4.63. The summed E-state index contributed by atoms with van der Waals surface area (Å²) in [4.78, 5) is 28.3. The van der Waals surface area contributed by atoms with E-state index in [0.29, 0.717) is 40.7 Å². The third-order valence-electron chi connectivity index (χ3n) is 5.35. The molecule has 0 radical (unpaired) electrons. The van der Waals surface area contributed by atoms with Gasteiger partial charge in [-0.05, 0) is 44.0 Å². The zero-order valence-corrected chi connectivity index (χ0v) is 20.5. The number of nitrogens with one attached hydrogen (secondary N) is 1. The first-order chi connectivity index (χ1) is 14.2. The normalized spacial score (nSPS) is 19.6. The van der Waals surface area contributed by atoms with Gasteiger partial charge in [0.2, 0.25) is 5.91 Å². The molecule has 4 heterocycles. The standard InChI is InChI=1S/C18H21ClN4O4S3.ClH/c1-22-8-6-10-12(9-22)28-18(15(10)16(20)24)21-17(25)11-3-2-7-23(11)30(26,27)14-5-4-13(19)29-14;/h4-5,11H,2-3,6-9H2,1H3,(H2,20,24)(H,21,25);1H/p-1. The lowest BCUT2D eigenvalue weighted by atomic mass is 10.0. The molecule has 0 saturated carbocycles. The van der Waals surface area contributed by atoms with E-state index in [4.69, 9.17) is 17.3 Å². The second-order valence-corrected chi connectivity index (χ2v) is 12.3. The highest BCUT2D eigenvalue weighted by atomic mass is 35.5. The zero-order valence-electron chi connectivity index (χ0n) is 16.6. The molecule has 0 bridgehead atoms. The Kier molecular flexibility index (Phi) is 7.36. The first-order valence-electron chi connectivity index (χ1n) is 9.39. The Morgan fingerprint density at radius 3 is 2.65 bits per heavy atom. The summed E-state index contributed by atoms with van der Waals surface area (Å²) < 4.78 is 27.7. The van der Waals surface area contributed by atoms with Gasteiger partial charge in [0.15, 0.2) is 0 Å². The van der Waals surface area contributed by atoms with Crippen molar-refractivity contribution in [3.63, 3.8) is 0 Å². The van der Waals surface area contributed by atoms with Gasteiger partial charge in [-0.2, -0.15) is 4.31 Å². The number of hydrogen-bond acceptors (Lipinski definition) is 7. The Balaban J connectivity index is 0.00000272. The van der Waals surface area contributed by atoms with Crippen molar-refractivity contribution < 1.29 is 30.4 Å². The van der Waals surface area contributed by atoms with Crippen molar-refractivity contribution in [3.05, 3.63) is 32.5 Å². The molecule has 2 aromatic heterocycles. The van der Waals surface area contributed by atoms with Gasteiger partial charge >= 0.3 is 0 Å². The Morgan fingerprint density at radius 1 is 1.26 bits per heavy atom. The van der Waals surface area contributed by atoms with Gasteiger partial charge in [0.25, 0.3) is 15.9 Å². The van der Waals surface area contributed by atoms with Crippen LogP contribution in [0.25, 0.3) is 0 Å². The van der Waals surface area contributed by atoms with Crippen LogP contribution in [0, 0.1) is 0 Å². The number of fused-ring (bicyclic) bond motifs is 1. The molecule has 1 unspecified atom stereocenters. The van der Waals surface area contributed by atoms with Crippen molar-refractivity contribution in [2.24, 2.45) is 5.73 Å². The van der Waals surface area contributed by atoms with Gasteiger partial charge < -0.3 is 28.4 Å². The van der Waals surface area contributed by atoms with E-state index in [1.165, 1.54) is 27.8 Å². The average Bonchev–Trinajstić information content (AvgIpc) is 3.38. The van der Waals surface area contributed by atoms with Crippen LogP contribution >= 0.6 is 34.3 Å². The van der Waals surface area contributed by atoms with Crippen LogP contribution in [-0.2, 0) is 27.8 Å². The van der Waals surface area contributed by atoms with Gasteiger partial charge in [0, 0.05) is 24.5 Å². The van der Waals surface area contributed by atoms with Crippen molar-refractivity contribution in [2.75, 3.05) is 25.5 Å². The molecule has 1 saturated heterocycles. The van der Waals surface area contributed by atoms with Crippen LogP contribution in [0.4, 0.5) is 5.00 Å². The summed E-state index contributed by atoms with van der Waals surface area (Å²) in [5.41, 5.74) is 6.83. The van der Waals surface area contributed by atoms with Gasteiger partial charge in [-0.1, -0.05) is 11.6 Å². The van der Waals surface area contributed by atoms with Crippen LogP contribution in [0.15, 0.2) is 16.3 Å². The summed E-state index contributed by atoms with van der Waals surface area (Å²) >= 11 is 8.19. The van der Waals surface area contributed by atoms with Crippen LogP contribution in [-0.4, -0.2) is 55.6 Å². The number of hydrogen-bond donors (Lipinski definition) is 2. The number of carbonyl (C=O) groups is 2. The van der Waals surface area contributed by atoms with E-state index in [9.17, 15) is 18.0 Å². The summed E-state index contributed by atoms with van der Waals surface area (Å²) in [6, 6.07) is 2.12. The molecule has 2 aliphatic heterocycles. The summed E-state index contributed by atoms with van der Waals surface area (Å²) in [5, 5.41) is 3.20. The van der Waals surface area contributed by atoms with Crippen molar-refractivity contribution in [3.8, 4) is 0 Å². The van der Waals surface area contributed by atoms with Gasteiger partial charge in [0.1, 0.15) is 15.3 Å². The molecule has 2 amide bonds. The lowest BCUT2D eigenvalue weighted by Gasteiger charge is -2.22. The second kappa shape index (κ2) is 9.34. The molecule has 2 aromatic rings. The maximum atomic E-state index is 13.1. The first-order valence-corrected chi connectivity index (χ1v) is 12.8. The lowest BCUT2D eigenvalue weighted by molar-refractivity contribution is -0.119.